The van der Waals surface area contributed by atoms with Crippen LogP contribution in [-0.4, -0.2) is 23.5 Å². The number of carbonyl (C=O) groups is 1. The number of nitro groups is 1. The van der Waals surface area contributed by atoms with Crippen molar-refractivity contribution in [1.29, 1.82) is 0 Å². The molecular formula is C15H18N2O4. The normalized spacial score (nSPS) is 17.4. The quantitative estimate of drug-likeness (QED) is 0.485. The molecule has 0 saturated carbocycles. The molecule has 1 unspecified atom stereocenters. The molecule has 0 N–H and O–H groups in total. The lowest BCUT2D eigenvalue weighted by atomic mass is 10.0. The van der Waals surface area contributed by atoms with Gasteiger partial charge in [-0.3, -0.25) is 14.9 Å². The monoisotopic (exact) mass is 290 g/mol. The van der Waals surface area contributed by atoms with Crippen molar-refractivity contribution in [3.05, 3.63) is 40.5 Å². The third-order valence-corrected chi connectivity index (χ3v) is 3.24. The number of hydrogen-bond acceptors (Lipinski definition) is 4. The van der Waals surface area contributed by atoms with E-state index in [-0.39, 0.29) is 17.5 Å². The van der Waals surface area contributed by atoms with E-state index in [9.17, 15) is 14.9 Å². The van der Waals surface area contributed by atoms with Gasteiger partial charge < -0.3 is 9.64 Å². The fourth-order valence-corrected chi connectivity index (χ4v) is 2.24. The van der Waals surface area contributed by atoms with E-state index in [4.69, 9.17) is 4.74 Å². The average Bonchev–Trinajstić information content (AvgIpc) is 2.40. The summed E-state index contributed by atoms with van der Waals surface area (Å²) in [4.78, 5) is 24.5. The molecule has 1 amide bonds. The first-order valence-electron chi connectivity index (χ1n) is 6.72. The lowest BCUT2D eigenvalue weighted by Crippen LogP contribution is -2.48. The van der Waals surface area contributed by atoms with Crippen LogP contribution in [0.4, 0.5) is 11.4 Å². The first kappa shape index (κ1) is 15.0. The fourth-order valence-electron chi connectivity index (χ4n) is 2.24. The second kappa shape index (κ2) is 5.55. The second-order valence-corrected chi connectivity index (χ2v) is 5.57. The van der Waals surface area contributed by atoms with Gasteiger partial charge in [0, 0.05) is 18.7 Å². The molecule has 0 bridgehead atoms. The van der Waals surface area contributed by atoms with Crippen LogP contribution in [0.3, 0.4) is 0 Å². The van der Waals surface area contributed by atoms with Crippen LogP contribution in [0, 0.1) is 16.0 Å². The average molecular weight is 290 g/mol. The van der Waals surface area contributed by atoms with Crippen LogP contribution in [0.1, 0.15) is 20.8 Å². The van der Waals surface area contributed by atoms with Crippen molar-refractivity contribution in [1.82, 2.24) is 0 Å². The fraction of sp³-hybridized carbons (Fsp3) is 0.400. The van der Waals surface area contributed by atoms with Gasteiger partial charge in [-0.25, -0.2) is 0 Å². The summed E-state index contributed by atoms with van der Waals surface area (Å²) in [5.41, 5.74) is 1.15. The zero-order valence-electron chi connectivity index (χ0n) is 12.3. The van der Waals surface area contributed by atoms with Gasteiger partial charge in [-0.1, -0.05) is 26.0 Å². The summed E-state index contributed by atoms with van der Waals surface area (Å²) in [6.45, 7) is 9.75. The van der Waals surface area contributed by atoms with Gasteiger partial charge in [0.2, 0.25) is 0 Å². The number of nitrogens with zero attached hydrogens (tertiary/aromatic N) is 2. The number of carbonyl (C=O) groups excluding carboxylic acids is 1. The first-order chi connectivity index (χ1) is 9.81. The summed E-state index contributed by atoms with van der Waals surface area (Å²) in [6, 6.07) is 4.29. The summed E-state index contributed by atoms with van der Waals surface area (Å²) in [5, 5.41) is 10.9. The molecule has 1 heterocycles. The van der Waals surface area contributed by atoms with Crippen LogP contribution in [-0.2, 0) is 4.79 Å². The van der Waals surface area contributed by atoms with Crippen LogP contribution in [0.15, 0.2) is 30.4 Å². The number of ether oxygens (including phenoxy) is 1. The van der Waals surface area contributed by atoms with E-state index in [0.29, 0.717) is 18.0 Å². The van der Waals surface area contributed by atoms with Crippen LogP contribution in [0.25, 0.3) is 0 Å². The lowest BCUT2D eigenvalue weighted by Gasteiger charge is -2.35. The molecule has 6 heteroatoms. The SMILES string of the molecule is C=C(C)CN1C(=O)C(C(C)C)Oc2ccc([N+](=O)[O-])cc21. The molecule has 0 spiro atoms. The Balaban J connectivity index is 2.51. The molecule has 1 aromatic rings. The highest BCUT2D eigenvalue weighted by molar-refractivity contribution is 6.00. The van der Waals surface area contributed by atoms with E-state index in [0.717, 1.165) is 5.57 Å². The van der Waals surface area contributed by atoms with E-state index in [2.05, 4.69) is 6.58 Å². The highest BCUT2D eigenvalue weighted by Gasteiger charge is 2.37. The van der Waals surface area contributed by atoms with E-state index >= 15 is 0 Å². The Kier molecular flexibility index (Phi) is 3.97. The number of rotatable bonds is 4. The number of non-ortho nitro benzene ring substituents is 1. The van der Waals surface area contributed by atoms with Gasteiger partial charge in [0.15, 0.2) is 6.10 Å². The molecule has 1 aromatic carbocycles. The van der Waals surface area contributed by atoms with Gasteiger partial charge in [-0.15, -0.1) is 0 Å². The Morgan fingerprint density at radius 2 is 2.19 bits per heavy atom. The minimum Gasteiger partial charge on any atom is -0.478 e. The van der Waals surface area contributed by atoms with Gasteiger partial charge in [-0.05, 0) is 18.9 Å². The summed E-state index contributed by atoms with van der Waals surface area (Å²) < 4.78 is 5.71. The van der Waals surface area contributed by atoms with Crippen molar-refractivity contribution in [3.63, 3.8) is 0 Å². The zero-order valence-corrected chi connectivity index (χ0v) is 12.3. The van der Waals surface area contributed by atoms with Crippen LogP contribution in [0.2, 0.25) is 0 Å². The zero-order chi connectivity index (χ0) is 15.7. The molecular weight excluding hydrogens is 272 g/mol. The Hall–Kier alpha value is -2.37. The van der Waals surface area contributed by atoms with E-state index in [1.54, 1.807) is 6.07 Å². The topological polar surface area (TPSA) is 72.7 Å². The largest absolute Gasteiger partial charge is 0.478 e. The van der Waals surface area contributed by atoms with Crippen molar-refractivity contribution in [3.8, 4) is 5.75 Å². The molecule has 1 atom stereocenters. The van der Waals surface area contributed by atoms with E-state index in [1.807, 2.05) is 20.8 Å². The van der Waals surface area contributed by atoms with Gasteiger partial charge >= 0.3 is 0 Å². The maximum Gasteiger partial charge on any atom is 0.271 e. The van der Waals surface area contributed by atoms with Gasteiger partial charge in [0.1, 0.15) is 5.75 Å². The number of nitro benzene ring substituents is 1. The molecule has 6 nitrogen and oxygen atoms in total. The molecule has 0 radical (unpaired) electrons. The molecule has 2 rings (SSSR count). The number of amides is 1. The number of anilines is 1. The third-order valence-electron chi connectivity index (χ3n) is 3.24. The van der Waals surface area contributed by atoms with Gasteiger partial charge in [0.05, 0.1) is 10.6 Å². The molecule has 0 aromatic heterocycles. The lowest BCUT2D eigenvalue weighted by molar-refractivity contribution is -0.384. The first-order valence-corrected chi connectivity index (χ1v) is 6.72. The van der Waals surface area contributed by atoms with Crippen molar-refractivity contribution in [2.24, 2.45) is 5.92 Å². The standard InChI is InChI=1S/C15H18N2O4/c1-9(2)8-16-12-7-11(17(19)20)5-6-13(12)21-14(10(3)4)15(16)18/h5-7,10,14H,1,8H2,2-4H3. The number of hydrogen-bond donors (Lipinski definition) is 0. The van der Waals surface area contributed by atoms with E-state index < -0.39 is 11.0 Å². The smallest absolute Gasteiger partial charge is 0.271 e. The summed E-state index contributed by atoms with van der Waals surface area (Å²) in [6.07, 6.45) is -0.585. The molecule has 21 heavy (non-hydrogen) atoms. The third kappa shape index (κ3) is 2.89. The molecule has 1 aliphatic heterocycles. The van der Waals surface area contributed by atoms with Gasteiger partial charge in [0.25, 0.3) is 11.6 Å². The Morgan fingerprint density at radius 1 is 1.52 bits per heavy atom. The number of fused-ring (bicyclic) bond motifs is 1. The minimum absolute atomic E-state index is 0.00784. The van der Waals surface area contributed by atoms with Crippen molar-refractivity contribution in [2.45, 2.75) is 26.9 Å². The van der Waals surface area contributed by atoms with Crippen molar-refractivity contribution >= 4 is 17.3 Å². The predicted octanol–water partition coefficient (Wildman–Crippen LogP) is 2.92. The molecule has 0 saturated heterocycles. The van der Waals surface area contributed by atoms with Crippen molar-refractivity contribution in [2.75, 3.05) is 11.4 Å². The Labute approximate surface area is 123 Å². The minimum atomic E-state index is -0.585. The highest BCUT2D eigenvalue weighted by atomic mass is 16.6. The highest BCUT2D eigenvalue weighted by Crippen LogP contribution is 2.38. The molecule has 1 aliphatic rings. The molecule has 0 fully saturated rings. The summed E-state index contributed by atoms with van der Waals surface area (Å²) >= 11 is 0. The van der Waals surface area contributed by atoms with Crippen LogP contribution < -0.4 is 9.64 Å². The summed E-state index contributed by atoms with van der Waals surface area (Å²) in [7, 11) is 0. The molecule has 112 valence electrons. The number of benzene rings is 1. The molecule has 0 aliphatic carbocycles. The Bertz CT molecular complexity index is 610. The van der Waals surface area contributed by atoms with Gasteiger partial charge in [-0.2, -0.15) is 0 Å². The second-order valence-electron chi connectivity index (χ2n) is 5.57. The predicted molar refractivity (Wildman–Crippen MR) is 79.5 cm³/mol. The van der Waals surface area contributed by atoms with Crippen molar-refractivity contribution < 1.29 is 14.5 Å². The summed E-state index contributed by atoms with van der Waals surface area (Å²) in [5.74, 6) is 0.301. The maximum absolute atomic E-state index is 12.5. The van der Waals surface area contributed by atoms with Crippen LogP contribution in [0.5, 0.6) is 5.75 Å². The van der Waals surface area contributed by atoms with E-state index in [1.165, 1.54) is 17.0 Å². The van der Waals surface area contributed by atoms with Crippen LogP contribution >= 0.6 is 0 Å². The Morgan fingerprint density at radius 3 is 2.71 bits per heavy atom. The maximum atomic E-state index is 12.5.